The Hall–Kier alpha value is -1.10. The van der Waals surface area contributed by atoms with E-state index in [1.165, 1.54) is 12.1 Å². The summed E-state index contributed by atoms with van der Waals surface area (Å²) in [5, 5.41) is 8.46. The maximum atomic E-state index is 13.1. The number of hydrogen-bond acceptors (Lipinski definition) is 2. The van der Waals surface area contributed by atoms with E-state index in [1.807, 2.05) is 0 Å². The zero-order valence-corrected chi connectivity index (χ0v) is 8.14. The van der Waals surface area contributed by atoms with Crippen LogP contribution < -0.4 is 5.73 Å². The molecule has 3 nitrogen and oxygen atoms in total. The number of carboxylic acid groups (broad SMARTS) is 1. The van der Waals surface area contributed by atoms with Crippen molar-refractivity contribution in [2.45, 2.75) is 6.42 Å². The van der Waals surface area contributed by atoms with Crippen LogP contribution >= 0.6 is 15.9 Å². The smallest absolute Gasteiger partial charge is 0.307 e. The van der Waals surface area contributed by atoms with Crippen LogP contribution in [-0.2, 0) is 11.2 Å². The lowest BCUT2D eigenvalue weighted by molar-refractivity contribution is -0.136. The lowest BCUT2D eigenvalue weighted by atomic mass is 10.1. The van der Waals surface area contributed by atoms with Crippen LogP contribution in [0.1, 0.15) is 5.56 Å². The molecule has 0 heterocycles. The molecule has 70 valence electrons. The highest BCUT2D eigenvalue weighted by Gasteiger charge is 2.10. The first-order valence-electron chi connectivity index (χ1n) is 3.46. The molecule has 0 aliphatic heterocycles. The number of hydrogen-bond donors (Lipinski definition) is 2. The van der Waals surface area contributed by atoms with Gasteiger partial charge >= 0.3 is 5.97 Å². The van der Waals surface area contributed by atoms with Crippen molar-refractivity contribution >= 4 is 27.6 Å². The van der Waals surface area contributed by atoms with Crippen molar-refractivity contribution in [3.05, 3.63) is 28.0 Å². The SMILES string of the molecule is Nc1c(CC(=O)O)ccc(Br)c1F. The monoisotopic (exact) mass is 247 g/mol. The number of halogens is 2. The van der Waals surface area contributed by atoms with E-state index in [1.54, 1.807) is 0 Å². The minimum absolute atomic E-state index is 0.114. The number of carboxylic acids is 1. The van der Waals surface area contributed by atoms with Gasteiger partial charge in [-0.25, -0.2) is 4.39 Å². The molecule has 0 saturated heterocycles. The van der Waals surface area contributed by atoms with Gasteiger partial charge in [0.05, 0.1) is 16.6 Å². The Morgan fingerprint density at radius 3 is 2.77 bits per heavy atom. The van der Waals surface area contributed by atoms with Crippen molar-refractivity contribution < 1.29 is 14.3 Å². The zero-order chi connectivity index (χ0) is 10.0. The summed E-state index contributed by atoms with van der Waals surface area (Å²) in [6, 6.07) is 2.92. The maximum Gasteiger partial charge on any atom is 0.307 e. The Morgan fingerprint density at radius 1 is 1.62 bits per heavy atom. The number of nitrogen functional groups attached to an aromatic ring is 1. The second-order valence-corrected chi connectivity index (χ2v) is 3.36. The highest BCUT2D eigenvalue weighted by Crippen LogP contribution is 2.24. The summed E-state index contributed by atoms with van der Waals surface area (Å²) in [4.78, 5) is 10.3. The van der Waals surface area contributed by atoms with Gasteiger partial charge in [0, 0.05) is 0 Å². The quantitative estimate of drug-likeness (QED) is 0.784. The molecule has 1 rings (SSSR count). The molecular formula is C8H7BrFNO2. The van der Waals surface area contributed by atoms with Crippen molar-refractivity contribution in [2.24, 2.45) is 0 Å². The highest BCUT2D eigenvalue weighted by molar-refractivity contribution is 9.10. The van der Waals surface area contributed by atoms with Gasteiger partial charge in [-0.1, -0.05) is 6.07 Å². The highest BCUT2D eigenvalue weighted by atomic mass is 79.9. The van der Waals surface area contributed by atoms with E-state index in [4.69, 9.17) is 10.8 Å². The molecule has 0 aliphatic rings. The van der Waals surface area contributed by atoms with Gasteiger partial charge in [-0.2, -0.15) is 0 Å². The molecule has 0 aromatic heterocycles. The average molecular weight is 248 g/mol. The molecule has 0 spiro atoms. The van der Waals surface area contributed by atoms with E-state index < -0.39 is 11.8 Å². The topological polar surface area (TPSA) is 63.3 Å². The van der Waals surface area contributed by atoms with Crippen LogP contribution in [0.4, 0.5) is 10.1 Å². The fourth-order valence-corrected chi connectivity index (χ4v) is 1.27. The van der Waals surface area contributed by atoms with Gasteiger partial charge in [0.2, 0.25) is 0 Å². The summed E-state index contributed by atoms with van der Waals surface area (Å²) in [5.74, 6) is -1.65. The number of rotatable bonds is 2. The number of carbonyl (C=O) groups is 1. The van der Waals surface area contributed by atoms with Gasteiger partial charge in [-0.3, -0.25) is 4.79 Å². The first-order valence-corrected chi connectivity index (χ1v) is 4.26. The summed E-state index contributed by atoms with van der Waals surface area (Å²) in [7, 11) is 0. The Kier molecular flexibility index (Phi) is 2.87. The van der Waals surface area contributed by atoms with Crippen LogP contribution in [-0.4, -0.2) is 11.1 Å². The summed E-state index contributed by atoms with van der Waals surface area (Å²) in [5.41, 5.74) is 5.53. The Labute approximate surface area is 82.5 Å². The molecule has 0 bridgehead atoms. The molecular weight excluding hydrogens is 241 g/mol. The predicted molar refractivity (Wildman–Crippen MR) is 49.9 cm³/mol. The molecule has 5 heteroatoms. The van der Waals surface area contributed by atoms with Crippen molar-refractivity contribution in [1.82, 2.24) is 0 Å². The number of aliphatic carboxylic acids is 1. The average Bonchev–Trinajstić information content (AvgIpc) is 2.06. The van der Waals surface area contributed by atoms with Crippen molar-refractivity contribution in [3.63, 3.8) is 0 Å². The van der Waals surface area contributed by atoms with Crippen molar-refractivity contribution in [2.75, 3.05) is 5.73 Å². The van der Waals surface area contributed by atoms with Gasteiger partial charge < -0.3 is 10.8 Å². The van der Waals surface area contributed by atoms with Crippen LogP contribution in [0.5, 0.6) is 0 Å². The number of anilines is 1. The molecule has 0 aliphatic carbocycles. The lowest BCUT2D eigenvalue weighted by Crippen LogP contribution is -2.05. The van der Waals surface area contributed by atoms with E-state index in [0.717, 1.165) is 0 Å². The van der Waals surface area contributed by atoms with Crippen LogP contribution in [0.3, 0.4) is 0 Å². The summed E-state index contributed by atoms with van der Waals surface area (Å²) < 4.78 is 13.3. The second kappa shape index (κ2) is 3.74. The Balaban J connectivity index is 3.10. The second-order valence-electron chi connectivity index (χ2n) is 2.50. The normalized spacial score (nSPS) is 10.0. The van der Waals surface area contributed by atoms with E-state index in [-0.39, 0.29) is 22.1 Å². The molecule has 0 fully saturated rings. The van der Waals surface area contributed by atoms with Gasteiger partial charge in [0.25, 0.3) is 0 Å². The molecule has 1 aromatic rings. The van der Waals surface area contributed by atoms with Crippen LogP contribution in [0.15, 0.2) is 16.6 Å². The van der Waals surface area contributed by atoms with Crippen molar-refractivity contribution in [3.8, 4) is 0 Å². The molecule has 1 aromatic carbocycles. The number of nitrogens with two attached hydrogens (primary N) is 1. The maximum absolute atomic E-state index is 13.1. The molecule has 0 amide bonds. The predicted octanol–water partition coefficient (Wildman–Crippen LogP) is 1.80. The van der Waals surface area contributed by atoms with Crippen LogP contribution in [0.25, 0.3) is 0 Å². The third-order valence-electron chi connectivity index (χ3n) is 1.56. The first-order chi connectivity index (χ1) is 6.02. The third-order valence-corrected chi connectivity index (χ3v) is 2.18. The summed E-state index contributed by atoms with van der Waals surface area (Å²) in [6.45, 7) is 0. The molecule has 0 unspecified atom stereocenters. The van der Waals surface area contributed by atoms with Gasteiger partial charge in [-0.15, -0.1) is 0 Å². The summed E-state index contributed by atoms with van der Waals surface area (Å²) in [6.07, 6.45) is -0.268. The third kappa shape index (κ3) is 2.18. The standard InChI is InChI=1S/C8H7BrFNO2/c9-5-2-1-4(3-6(12)13)8(11)7(5)10/h1-2H,3,11H2,(H,12,13). The zero-order valence-electron chi connectivity index (χ0n) is 6.55. The molecule has 0 radical (unpaired) electrons. The fraction of sp³-hybridized carbons (Fsp3) is 0.125. The lowest BCUT2D eigenvalue weighted by Gasteiger charge is -2.04. The minimum atomic E-state index is -1.03. The minimum Gasteiger partial charge on any atom is -0.481 e. The van der Waals surface area contributed by atoms with Gasteiger partial charge in [-0.05, 0) is 27.6 Å². The molecule has 3 N–H and O–H groups in total. The van der Waals surface area contributed by atoms with Gasteiger partial charge in [0.15, 0.2) is 5.82 Å². The molecule has 0 atom stereocenters. The Bertz CT molecular complexity index is 354. The van der Waals surface area contributed by atoms with Crippen LogP contribution in [0.2, 0.25) is 0 Å². The van der Waals surface area contributed by atoms with Crippen molar-refractivity contribution in [1.29, 1.82) is 0 Å². The van der Waals surface area contributed by atoms with E-state index in [0.29, 0.717) is 0 Å². The fourth-order valence-electron chi connectivity index (χ4n) is 0.923. The Morgan fingerprint density at radius 2 is 2.23 bits per heavy atom. The van der Waals surface area contributed by atoms with E-state index in [9.17, 15) is 9.18 Å². The van der Waals surface area contributed by atoms with E-state index in [2.05, 4.69) is 15.9 Å². The first kappa shape index (κ1) is 9.98. The molecule has 0 saturated carbocycles. The van der Waals surface area contributed by atoms with E-state index >= 15 is 0 Å². The van der Waals surface area contributed by atoms with Crippen LogP contribution in [0, 0.1) is 5.82 Å². The largest absolute Gasteiger partial charge is 0.481 e. The van der Waals surface area contributed by atoms with Gasteiger partial charge in [0.1, 0.15) is 0 Å². The number of benzene rings is 1. The summed E-state index contributed by atoms with van der Waals surface area (Å²) >= 11 is 2.94. The molecule has 13 heavy (non-hydrogen) atoms.